The maximum atomic E-state index is 12.7. The minimum atomic E-state index is 0.0255. The smallest absolute Gasteiger partial charge is 0.220 e. The van der Waals surface area contributed by atoms with Crippen molar-refractivity contribution < 1.29 is 4.79 Å². The van der Waals surface area contributed by atoms with Crippen LogP contribution in [0.1, 0.15) is 44.1 Å². The quantitative estimate of drug-likeness (QED) is 0.770. The molecule has 0 radical (unpaired) electrons. The Bertz CT molecular complexity index is 495. The van der Waals surface area contributed by atoms with Crippen molar-refractivity contribution in [3.8, 4) is 0 Å². The van der Waals surface area contributed by atoms with Crippen molar-refractivity contribution in [1.29, 1.82) is 0 Å². The van der Waals surface area contributed by atoms with Gasteiger partial charge in [0.2, 0.25) is 5.91 Å². The van der Waals surface area contributed by atoms with E-state index in [4.69, 9.17) is 5.73 Å². The number of rotatable bonds is 8. The summed E-state index contributed by atoms with van der Waals surface area (Å²) in [6.07, 6.45) is 7.30. The van der Waals surface area contributed by atoms with Crippen LogP contribution in [0, 0.1) is 5.41 Å². The van der Waals surface area contributed by atoms with Gasteiger partial charge in [-0.2, -0.15) is 0 Å². The van der Waals surface area contributed by atoms with Gasteiger partial charge in [0.25, 0.3) is 0 Å². The minimum Gasteiger partial charge on any atom is -0.352 e. The van der Waals surface area contributed by atoms with Crippen LogP contribution in [0.4, 0.5) is 0 Å². The van der Waals surface area contributed by atoms with E-state index >= 15 is 0 Å². The molecule has 1 saturated carbocycles. The molecular formula is C20H33N3O. The van der Waals surface area contributed by atoms with Gasteiger partial charge >= 0.3 is 0 Å². The third-order valence-corrected chi connectivity index (χ3v) is 5.16. The molecular weight excluding hydrogens is 298 g/mol. The molecule has 3 N–H and O–H groups in total. The number of carbonyl (C=O) groups is 1. The van der Waals surface area contributed by atoms with E-state index in [1.807, 2.05) is 20.2 Å². The highest BCUT2D eigenvalue weighted by Gasteiger charge is 2.33. The van der Waals surface area contributed by atoms with Crippen LogP contribution in [-0.4, -0.2) is 44.0 Å². The van der Waals surface area contributed by atoms with E-state index in [1.54, 1.807) is 0 Å². The van der Waals surface area contributed by atoms with Crippen LogP contribution >= 0.6 is 0 Å². The van der Waals surface area contributed by atoms with Gasteiger partial charge in [0.05, 0.1) is 0 Å². The number of likely N-dealkylation sites (N-methyl/N-ethyl adjacent to an activating group) is 1. The third-order valence-electron chi connectivity index (χ3n) is 5.16. The first-order valence-electron chi connectivity index (χ1n) is 9.21. The number of benzene rings is 1. The predicted octanol–water partition coefficient (Wildman–Crippen LogP) is 2.57. The van der Waals surface area contributed by atoms with E-state index < -0.39 is 0 Å². The van der Waals surface area contributed by atoms with Crippen molar-refractivity contribution in [2.24, 2.45) is 11.1 Å². The minimum absolute atomic E-state index is 0.0255. The van der Waals surface area contributed by atoms with Gasteiger partial charge in [-0.1, -0.05) is 49.6 Å². The Hall–Kier alpha value is -1.39. The Morgan fingerprint density at radius 3 is 2.46 bits per heavy atom. The molecule has 4 heteroatoms. The Balaban J connectivity index is 1.95. The van der Waals surface area contributed by atoms with Crippen LogP contribution in [0.15, 0.2) is 30.3 Å². The van der Waals surface area contributed by atoms with Gasteiger partial charge in [-0.25, -0.2) is 0 Å². The Morgan fingerprint density at radius 1 is 1.21 bits per heavy atom. The fourth-order valence-electron chi connectivity index (χ4n) is 3.87. The van der Waals surface area contributed by atoms with Crippen molar-refractivity contribution in [2.75, 3.05) is 27.2 Å². The second kappa shape index (κ2) is 9.19. The SMILES string of the molecule is CN(C)CC(Cc1ccccc1)NC(=O)CC1(CN)CCCCC1. The lowest BCUT2D eigenvalue weighted by atomic mass is 9.71. The lowest BCUT2D eigenvalue weighted by Gasteiger charge is -2.36. The van der Waals surface area contributed by atoms with Gasteiger partial charge in [-0.3, -0.25) is 4.79 Å². The molecule has 0 bridgehead atoms. The second-order valence-corrected chi connectivity index (χ2v) is 7.66. The molecule has 1 aliphatic carbocycles. The second-order valence-electron chi connectivity index (χ2n) is 7.66. The van der Waals surface area contributed by atoms with Crippen molar-refractivity contribution in [3.05, 3.63) is 35.9 Å². The zero-order valence-electron chi connectivity index (χ0n) is 15.3. The van der Waals surface area contributed by atoms with Crippen LogP contribution in [0.5, 0.6) is 0 Å². The molecule has 1 aromatic rings. The van der Waals surface area contributed by atoms with Gasteiger partial charge in [-0.15, -0.1) is 0 Å². The molecule has 1 amide bonds. The number of carbonyl (C=O) groups excluding carboxylic acids is 1. The first kappa shape index (κ1) is 18.9. The predicted molar refractivity (Wildman–Crippen MR) is 99.8 cm³/mol. The summed E-state index contributed by atoms with van der Waals surface area (Å²) in [5, 5.41) is 3.27. The maximum absolute atomic E-state index is 12.7. The Kier molecular flexibility index (Phi) is 7.25. The number of hydrogen-bond acceptors (Lipinski definition) is 3. The molecule has 134 valence electrons. The Morgan fingerprint density at radius 2 is 1.88 bits per heavy atom. The van der Waals surface area contributed by atoms with Gasteiger partial charge < -0.3 is 16.0 Å². The van der Waals surface area contributed by atoms with Crippen molar-refractivity contribution in [1.82, 2.24) is 10.2 Å². The highest BCUT2D eigenvalue weighted by Crippen LogP contribution is 2.38. The molecule has 0 aliphatic heterocycles. The average molecular weight is 332 g/mol. The van der Waals surface area contributed by atoms with Gasteiger partial charge in [0, 0.05) is 19.0 Å². The fourth-order valence-corrected chi connectivity index (χ4v) is 3.87. The molecule has 1 atom stereocenters. The first-order chi connectivity index (χ1) is 11.5. The molecule has 1 aromatic carbocycles. The zero-order valence-corrected chi connectivity index (χ0v) is 15.3. The third kappa shape index (κ3) is 5.91. The molecule has 2 rings (SSSR count). The van der Waals surface area contributed by atoms with E-state index in [9.17, 15) is 4.79 Å². The molecule has 1 fully saturated rings. The molecule has 0 aromatic heterocycles. The van der Waals surface area contributed by atoms with Gasteiger partial charge in [0.1, 0.15) is 0 Å². The maximum Gasteiger partial charge on any atom is 0.220 e. The summed E-state index contributed by atoms with van der Waals surface area (Å²) in [4.78, 5) is 14.8. The number of nitrogens with two attached hydrogens (primary N) is 1. The largest absolute Gasteiger partial charge is 0.352 e. The van der Waals surface area contributed by atoms with Gasteiger partial charge in [0.15, 0.2) is 0 Å². The highest BCUT2D eigenvalue weighted by atomic mass is 16.1. The lowest BCUT2D eigenvalue weighted by Crippen LogP contribution is -2.46. The standard InChI is InChI=1S/C20H33N3O/c1-23(2)15-18(13-17-9-5-3-6-10-17)22-19(24)14-20(16-21)11-7-4-8-12-20/h3,5-6,9-10,18H,4,7-8,11-16,21H2,1-2H3,(H,22,24). The van der Waals surface area contributed by atoms with Gasteiger partial charge in [-0.05, 0) is 50.9 Å². The molecule has 0 heterocycles. The van der Waals surface area contributed by atoms with E-state index in [0.29, 0.717) is 13.0 Å². The lowest BCUT2D eigenvalue weighted by molar-refractivity contribution is -0.124. The number of hydrogen-bond donors (Lipinski definition) is 2. The van der Waals surface area contributed by atoms with Crippen molar-refractivity contribution >= 4 is 5.91 Å². The van der Waals surface area contributed by atoms with Crippen LogP contribution < -0.4 is 11.1 Å². The molecule has 0 saturated heterocycles. The molecule has 24 heavy (non-hydrogen) atoms. The Labute approximate surface area is 146 Å². The summed E-state index contributed by atoms with van der Waals surface area (Å²) in [7, 11) is 4.10. The summed E-state index contributed by atoms with van der Waals surface area (Å²) >= 11 is 0. The number of nitrogens with one attached hydrogen (secondary N) is 1. The fraction of sp³-hybridized carbons (Fsp3) is 0.650. The molecule has 1 aliphatic rings. The molecule has 1 unspecified atom stereocenters. The normalized spacial score (nSPS) is 18.3. The van der Waals surface area contributed by atoms with Crippen LogP contribution in [0.2, 0.25) is 0 Å². The number of amides is 1. The van der Waals surface area contributed by atoms with Crippen molar-refractivity contribution in [2.45, 2.75) is 51.0 Å². The average Bonchev–Trinajstić information content (AvgIpc) is 2.56. The highest BCUT2D eigenvalue weighted by molar-refractivity contribution is 5.77. The summed E-state index contributed by atoms with van der Waals surface area (Å²) in [5.74, 6) is 0.158. The molecule has 0 spiro atoms. The van der Waals surface area contributed by atoms with E-state index in [1.165, 1.54) is 24.8 Å². The summed E-state index contributed by atoms with van der Waals surface area (Å²) in [5.41, 5.74) is 7.32. The van der Waals surface area contributed by atoms with Crippen LogP contribution in [-0.2, 0) is 11.2 Å². The summed E-state index contributed by atoms with van der Waals surface area (Å²) in [6.45, 7) is 1.47. The summed E-state index contributed by atoms with van der Waals surface area (Å²) < 4.78 is 0. The van der Waals surface area contributed by atoms with E-state index in [2.05, 4.69) is 34.5 Å². The summed E-state index contributed by atoms with van der Waals surface area (Å²) in [6, 6.07) is 10.5. The van der Waals surface area contributed by atoms with Crippen LogP contribution in [0.25, 0.3) is 0 Å². The first-order valence-corrected chi connectivity index (χ1v) is 9.21. The van der Waals surface area contributed by atoms with Crippen LogP contribution in [0.3, 0.4) is 0 Å². The van der Waals surface area contributed by atoms with E-state index in [0.717, 1.165) is 25.8 Å². The number of nitrogens with zero attached hydrogens (tertiary/aromatic N) is 1. The monoisotopic (exact) mass is 331 g/mol. The zero-order chi connectivity index (χ0) is 17.4. The van der Waals surface area contributed by atoms with E-state index in [-0.39, 0.29) is 17.4 Å². The van der Waals surface area contributed by atoms with Crippen molar-refractivity contribution in [3.63, 3.8) is 0 Å². The molecule has 4 nitrogen and oxygen atoms in total. The topological polar surface area (TPSA) is 58.4 Å².